The van der Waals surface area contributed by atoms with E-state index in [4.69, 9.17) is 0 Å². The number of rotatable bonds is 3. The number of hydrogen-bond donors (Lipinski definition) is 0. The van der Waals surface area contributed by atoms with E-state index in [0.29, 0.717) is 4.90 Å². The molecule has 0 N–H and O–H groups in total. The molecule has 0 aliphatic rings. The average Bonchev–Trinajstić information content (AvgIpc) is 2.42. The lowest BCUT2D eigenvalue weighted by Gasteiger charge is -1.99. The van der Waals surface area contributed by atoms with E-state index < -0.39 is 24.8 Å². The van der Waals surface area contributed by atoms with Crippen LogP contribution in [0.4, 0.5) is 29.9 Å². The van der Waals surface area contributed by atoms with Gasteiger partial charge in [0, 0.05) is 10.5 Å². The summed E-state index contributed by atoms with van der Waals surface area (Å²) in [7, 11) is 0. The molecular weight excluding hydrogens is 365 g/mol. The van der Waals surface area contributed by atoms with Gasteiger partial charge in [0.2, 0.25) is 6.93 Å². The summed E-state index contributed by atoms with van der Waals surface area (Å²) < 4.78 is 76.6. The van der Waals surface area contributed by atoms with Crippen LogP contribution in [-0.2, 0) is 0 Å². The first kappa shape index (κ1) is 20.6. The van der Waals surface area contributed by atoms with E-state index >= 15 is 0 Å². The standard InChI is InChI=1S/C9H6F4S.CH2F2.BrF/c10-5-14-7-3-1-6(2-4-7)8(11)9(12)13;2-1-3;1-2/h1-4H,5H2;1H2;. The predicted octanol–water partition coefficient (Wildman–Crippen LogP) is 6.39. The number of halogens is 8. The summed E-state index contributed by atoms with van der Waals surface area (Å²) in [6.07, 6.45) is -2.35. The zero-order valence-electron chi connectivity index (χ0n) is 9.16. The number of benzene rings is 1. The van der Waals surface area contributed by atoms with Gasteiger partial charge in [-0.2, -0.15) is 12.3 Å². The Kier molecular flexibility index (Phi) is 14.9. The summed E-state index contributed by atoms with van der Waals surface area (Å²) in [4.78, 5) is 0.573. The first-order valence-electron chi connectivity index (χ1n) is 4.33. The highest BCUT2D eigenvalue weighted by atomic mass is 79.9. The molecule has 110 valence electrons. The van der Waals surface area contributed by atoms with Crippen molar-refractivity contribution in [3.63, 3.8) is 0 Å². The fourth-order valence-electron chi connectivity index (χ4n) is 0.870. The molecule has 0 bridgehead atoms. The van der Waals surface area contributed by atoms with Gasteiger partial charge in [-0.1, -0.05) is 23.9 Å². The van der Waals surface area contributed by atoms with Crippen molar-refractivity contribution in [2.24, 2.45) is 0 Å². The topological polar surface area (TPSA) is 0 Å². The van der Waals surface area contributed by atoms with Crippen molar-refractivity contribution < 1.29 is 29.9 Å². The van der Waals surface area contributed by atoms with Crippen LogP contribution in [0.1, 0.15) is 5.56 Å². The molecule has 0 fully saturated rings. The van der Waals surface area contributed by atoms with E-state index in [1.807, 2.05) is 0 Å². The fraction of sp³-hybridized carbons (Fsp3) is 0.200. The monoisotopic (exact) mass is 372 g/mol. The predicted molar refractivity (Wildman–Crippen MR) is 65.6 cm³/mol. The second kappa shape index (κ2) is 13.7. The molecule has 0 aliphatic carbocycles. The Balaban J connectivity index is 0. The second-order valence-corrected chi connectivity index (χ2v) is 3.43. The molecule has 1 aromatic rings. The van der Waals surface area contributed by atoms with Gasteiger partial charge in [-0.25, -0.2) is 17.6 Å². The van der Waals surface area contributed by atoms with Gasteiger partial charge in [0.25, 0.3) is 0 Å². The maximum absolute atomic E-state index is 12.6. The lowest BCUT2D eigenvalue weighted by Crippen LogP contribution is -1.80. The molecule has 0 heterocycles. The Hall–Kier alpha value is -0.700. The quantitative estimate of drug-likeness (QED) is 0.437. The molecule has 0 nitrogen and oxygen atoms in total. The summed E-state index contributed by atoms with van der Waals surface area (Å²) in [6, 6.07) is 4.55. The molecule has 0 saturated heterocycles. The van der Waals surface area contributed by atoms with E-state index in [2.05, 4.69) is 0 Å². The van der Waals surface area contributed by atoms with Crippen LogP contribution in [0, 0.1) is 0 Å². The highest BCUT2D eigenvalue weighted by Gasteiger charge is 2.07. The second-order valence-electron chi connectivity index (χ2n) is 2.45. The molecule has 19 heavy (non-hydrogen) atoms. The molecule has 9 heteroatoms. The minimum atomic E-state index is -2.35. The molecule has 0 saturated carbocycles. The van der Waals surface area contributed by atoms with Crippen LogP contribution in [0.2, 0.25) is 0 Å². The summed E-state index contributed by atoms with van der Waals surface area (Å²) in [5, 5.41) is 0. The first-order valence-corrected chi connectivity index (χ1v) is 5.91. The minimum absolute atomic E-state index is 0.201. The van der Waals surface area contributed by atoms with Gasteiger partial charge >= 0.3 is 6.08 Å². The van der Waals surface area contributed by atoms with E-state index in [1.54, 1.807) is 0 Å². The van der Waals surface area contributed by atoms with Gasteiger partial charge in [0.05, 0.1) is 0 Å². The SMILES string of the molecule is FBr.FCF.FCSc1ccc(C(F)=C(F)F)cc1. The Morgan fingerprint density at radius 1 is 0.947 bits per heavy atom. The Morgan fingerprint density at radius 3 is 1.68 bits per heavy atom. The summed E-state index contributed by atoms with van der Waals surface area (Å²) in [5.74, 6) is -1.54. The molecule has 0 aromatic heterocycles. The van der Waals surface area contributed by atoms with Crippen LogP contribution in [0.3, 0.4) is 0 Å². The maximum Gasteiger partial charge on any atom is 0.306 e. The van der Waals surface area contributed by atoms with Crippen molar-refractivity contribution in [2.45, 2.75) is 4.90 Å². The van der Waals surface area contributed by atoms with Crippen LogP contribution < -0.4 is 0 Å². The zero-order chi connectivity index (χ0) is 15.3. The summed E-state index contributed by atoms with van der Waals surface area (Å²) >= 11 is 2.35. The van der Waals surface area contributed by atoms with Crippen LogP contribution in [0.15, 0.2) is 35.2 Å². The van der Waals surface area contributed by atoms with Gasteiger partial charge in [0.15, 0.2) is 22.2 Å². The lowest BCUT2D eigenvalue weighted by atomic mass is 10.2. The highest BCUT2D eigenvalue weighted by Crippen LogP contribution is 2.25. The van der Waals surface area contributed by atoms with Crippen molar-refractivity contribution in [2.75, 3.05) is 12.9 Å². The van der Waals surface area contributed by atoms with Crippen molar-refractivity contribution in [1.82, 2.24) is 0 Å². The third kappa shape index (κ3) is 9.83. The Morgan fingerprint density at radius 2 is 1.37 bits per heavy atom. The van der Waals surface area contributed by atoms with E-state index in [0.717, 1.165) is 11.8 Å². The molecule has 0 radical (unpaired) electrons. The molecule has 0 amide bonds. The van der Waals surface area contributed by atoms with E-state index in [1.165, 1.54) is 40.6 Å². The molecule has 0 spiro atoms. The first-order chi connectivity index (χ1) is 9.06. The molecule has 1 rings (SSSR count). The molecule has 0 unspecified atom stereocenters. The normalized spacial score (nSPS) is 8.63. The Bertz CT molecular complexity index is 351. The van der Waals surface area contributed by atoms with Gasteiger partial charge in [-0.05, 0) is 12.1 Å². The zero-order valence-corrected chi connectivity index (χ0v) is 11.6. The van der Waals surface area contributed by atoms with Gasteiger partial charge in [-0.15, -0.1) is 0 Å². The van der Waals surface area contributed by atoms with Gasteiger partial charge < -0.3 is 0 Å². The largest absolute Gasteiger partial charge is 0.306 e. The lowest BCUT2D eigenvalue weighted by molar-refractivity contribution is 0.295. The molecular formula is C10H8BrF7S. The number of hydrogen-bond acceptors (Lipinski definition) is 1. The molecule has 0 aliphatic heterocycles. The van der Waals surface area contributed by atoms with Gasteiger partial charge in [-0.3, -0.25) is 0 Å². The fourth-order valence-corrected chi connectivity index (χ4v) is 1.32. The molecule has 1 aromatic carbocycles. The van der Waals surface area contributed by atoms with Crippen molar-refractivity contribution in [1.29, 1.82) is 0 Å². The smallest absolute Gasteiger partial charge is 0.239 e. The maximum atomic E-state index is 12.6. The van der Waals surface area contributed by atoms with Crippen LogP contribution in [0.25, 0.3) is 5.83 Å². The average molecular weight is 373 g/mol. The number of alkyl halides is 3. The third-order valence-corrected chi connectivity index (χ3v) is 2.21. The number of thioether (sulfide) groups is 1. The van der Waals surface area contributed by atoms with Crippen molar-refractivity contribution in [3.8, 4) is 0 Å². The van der Waals surface area contributed by atoms with Crippen LogP contribution >= 0.6 is 28.1 Å². The Labute approximate surface area is 118 Å². The van der Waals surface area contributed by atoms with E-state index in [9.17, 15) is 29.9 Å². The van der Waals surface area contributed by atoms with Crippen molar-refractivity contribution >= 4 is 34.0 Å². The van der Waals surface area contributed by atoms with Crippen LogP contribution in [0.5, 0.6) is 0 Å². The van der Waals surface area contributed by atoms with Gasteiger partial charge in [0.1, 0.15) is 6.01 Å². The highest BCUT2D eigenvalue weighted by molar-refractivity contribution is 9.05. The third-order valence-electron chi connectivity index (χ3n) is 1.49. The van der Waals surface area contributed by atoms with Crippen molar-refractivity contribution in [3.05, 3.63) is 35.9 Å². The van der Waals surface area contributed by atoms with E-state index in [-0.39, 0.29) is 5.56 Å². The summed E-state index contributed by atoms with van der Waals surface area (Å²) in [6.45, 7) is -1.75. The van der Waals surface area contributed by atoms with Crippen LogP contribution in [-0.4, -0.2) is 12.9 Å². The minimum Gasteiger partial charge on any atom is -0.239 e. The molecule has 0 atom stereocenters. The summed E-state index contributed by atoms with van der Waals surface area (Å²) in [5.41, 5.74) is -0.201.